The summed E-state index contributed by atoms with van der Waals surface area (Å²) in [5.41, 5.74) is 3.42. The minimum absolute atomic E-state index is 0.0638. The molecule has 76 valence electrons. The molecule has 4 N–H and O–H groups in total. The zero-order chi connectivity index (χ0) is 10.3. The molecule has 0 heterocycles. The number of aliphatic carboxylic acids is 1. The average molecular weight is 188 g/mol. The lowest BCUT2D eigenvalue weighted by molar-refractivity contribution is -0.438. The molecule has 0 saturated heterocycles. The van der Waals surface area contributed by atoms with Gasteiger partial charge in [-0.1, -0.05) is 0 Å². The zero-order valence-corrected chi connectivity index (χ0v) is 7.84. The van der Waals surface area contributed by atoms with Crippen molar-refractivity contribution in [1.29, 1.82) is 0 Å². The Hall–Kier alpha value is -1.10. The Kier molecular flexibility index (Phi) is 5.88. The average Bonchev–Trinajstić information content (AvgIpc) is 2.02. The van der Waals surface area contributed by atoms with Crippen molar-refractivity contribution in [2.24, 2.45) is 0 Å². The first kappa shape index (κ1) is 11.9. The molecule has 0 bridgehead atoms. The summed E-state index contributed by atoms with van der Waals surface area (Å²) in [7, 11) is 0. The maximum absolute atomic E-state index is 10.4. The Morgan fingerprint density at radius 2 is 2.08 bits per heavy atom. The van der Waals surface area contributed by atoms with Crippen LogP contribution in [0.3, 0.4) is 0 Å². The third kappa shape index (κ3) is 7.27. The first-order valence-electron chi connectivity index (χ1n) is 4.32. The van der Waals surface area contributed by atoms with E-state index in [4.69, 9.17) is 0 Å². The minimum atomic E-state index is -1.11. The van der Waals surface area contributed by atoms with Gasteiger partial charge >= 0.3 is 0 Å². The summed E-state index contributed by atoms with van der Waals surface area (Å²) < 4.78 is 0. The molecule has 5 nitrogen and oxygen atoms in total. The van der Waals surface area contributed by atoms with Crippen molar-refractivity contribution >= 4 is 11.9 Å². The van der Waals surface area contributed by atoms with Crippen LogP contribution in [0.5, 0.6) is 0 Å². The molecule has 5 heteroatoms. The summed E-state index contributed by atoms with van der Waals surface area (Å²) in [5.74, 6) is -1.18. The van der Waals surface area contributed by atoms with Crippen molar-refractivity contribution in [1.82, 2.24) is 5.32 Å². The summed E-state index contributed by atoms with van der Waals surface area (Å²) in [6, 6.07) is -0.641. The van der Waals surface area contributed by atoms with Crippen LogP contribution in [-0.4, -0.2) is 24.5 Å². The molecular formula is C8H16N2O3. The number of hydrogen-bond acceptors (Lipinski definition) is 3. The maximum atomic E-state index is 10.4. The number of quaternary nitrogens is 1. The minimum Gasteiger partial charge on any atom is -0.544 e. The van der Waals surface area contributed by atoms with Crippen molar-refractivity contribution < 1.29 is 20.4 Å². The Labute approximate surface area is 77.3 Å². The first-order valence-corrected chi connectivity index (χ1v) is 4.32. The lowest BCUT2D eigenvalue weighted by atomic mass is 10.1. The summed E-state index contributed by atoms with van der Waals surface area (Å²) >= 11 is 0. The molecule has 0 aliphatic rings. The fourth-order valence-corrected chi connectivity index (χ4v) is 0.898. The third-order valence-corrected chi connectivity index (χ3v) is 1.69. The van der Waals surface area contributed by atoms with E-state index in [1.165, 1.54) is 6.92 Å². The Balaban J connectivity index is 3.26. The molecule has 1 atom stereocenters. The highest BCUT2D eigenvalue weighted by molar-refractivity contribution is 5.72. The number of unbranched alkanes of at least 4 members (excludes halogenated alkanes) is 1. The molecule has 0 saturated carbocycles. The van der Waals surface area contributed by atoms with Gasteiger partial charge in [-0.3, -0.25) is 4.79 Å². The van der Waals surface area contributed by atoms with Gasteiger partial charge in [-0.05, 0) is 12.8 Å². The molecule has 0 aliphatic heterocycles. The van der Waals surface area contributed by atoms with E-state index in [9.17, 15) is 14.7 Å². The van der Waals surface area contributed by atoms with Gasteiger partial charge in [-0.2, -0.15) is 0 Å². The van der Waals surface area contributed by atoms with E-state index in [1.807, 2.05) is 0 Å². The van der Waals surface area contributed by atoms with E-state index < -0.39 is 12.0 Å². The second-order valence-electron chi connectivity index (χ2n) is 2.99. The van der Waals surface area contributed by atoms with E-state index in [0.717, 1.165) is 12.8 Å². The van der Waals surface area contributed by atoms with Gasteiger partial charge in [0, 0.05) is 19.9 Å². The van der Waals surface area contributed by atoms with Crippen LogP contribution in [0.4, 0.5) is 0 Å². The first-order chi connectivity index (χ1) is 6.04. The zero-order valence-electron chi connectivity index (χ0n) is 7.84. The molecule has 0 aromatic carbocycles. The van der Waals surface area contributed by atoms with Gasteiger partial charge in [0.15, 0.2) is 0 Å². The highest BCUT2D eigenvalue weighted by Gasteiger charge is 2.05. The van der Waals surface area contributed by atoms with Crippen LogP contribution in [0.1, 0.15) is 26.2 Å². The predicted molar refractivity (Wildman–Crippen MR) is 44.2 cm³/mol. The topological polar surface area (TPSA) is 96.9 Å². The van der Waals surface area contributed by atoms with Crippen LogP contribution in [0.25, 0.3) is 0 Å². The van der Waals surface area contributed by atoms with Gasteiger partial charge in [-0.25, -0.2) is 0 Å². The number of carboxylic acids is 1. The summed E-state index contributed by atoms with van der Waals surface area (Å²) in [4.78, 5) is 20.6. The standard InChI is InChI=1S/C8H16N2O3/c1-6(11)10-5-3-2-4-7(9)8(12)13/h7H,2-5,9H2,1H3,(H,10,11)(H,12,13)/t7-/m1/s1. The van der Waals surface area contributed by atoms with Crippen LogP contribution in [0, 0.1) is 0 Å². The fourth-order valence-electron chi connectivity index (χ4n) is 0.898. The van der Waals surface area contributed by atoms with Gasteiger partial charge in [-0.15, -0.1) is 0 Å². The van der Waals surface area contributed by atoms with Crippen LogP contribution in [0.2, 0.25) is 0 Å². The molecule has 0 radical (unpaired) electrons. The van der Waals surface area contributed by atoms with Crippen LogP contribution < -0.4 is 16.2 Å². The molecule has 1 amide bonds. The van der Waals surface area contributed by atoms with Gasteiger partial charge in [0.05, 0.1) is 5.97 Å². The van der Waals surface area contributed by atoms with Gasteiger partial charge in [0.25, 0.3) is 0 Å². The number of amides is 1. The van der Waals surface area contributed by atoms with Crippen LogP contribution in [-0.2, 0) is 9.59 Å². The smallest absolute Gasteiger partial charge is 0.216 e. The molecule has 0 aromatic rings. The number of nitrogens with one attached hydrogen (secondary N) is 1. The second kappa shape index (κ2) is 6.42. The van der Waals surface area contributed by atoms with Crippen molar-refractivity contribution in [2.75, 3.05) is 6.54 Å². The van der Waals surface area contributed by atoms with Crippen LogP contribution >= 0.6 is 0 Å². The molecule has 0 fully saturated rings. The summed E-state index contributed by atoms with van der Waals surface area (Å²) in [6.07, 6.45) is 2.02. The van der Waals surface area contributed by atoms with Crippen molar-refractivity contribution in [3.8, 4) is 0 Å². The fraction of sp³-hybridized carbons (Fsp3) is 0.750. The number of carboxylic acid groups (broad SMARTS) is 1. The molecule has 0 spiro atoms. The molecule has 13 heavy (non-hydrogen) atoms. The Bertz CT molecular complexity index is 182. The summed E-state index contributed by atoms with van der Waals surface area (Å²) in [5, 5.41) is 12.9. The van der Waals surface area contributed by atoms with Gasteiger partial charge in [0.2, 0.25) is 5.91 Å². The lowest BCUT2D eigenvalue weighted by Crippen LogP contribution is -2.68. The SMILES string of the molecule is CC(=O)NCCCC[C@@H]([NH3+])C(=O)[O-]. The quantitative estimate of drug-likeness (QED) is 0.457. The van der Waals surface area contributed by atoms with E-state index in [0.29, 0.717) is 13.0 Å². The monoisotopic (exact) mass is 188 g/mol. The lowest BCUT2D eigenvalue weighted by Gasteiger charge is -2.08. The number of rotatable bonds is 6. The number of carbonyl (C=O) groups is 2. The second-order valence-corrected chi connectivity index (χ2v) is 2.99. The van der Waals surface area contributed by atoms with E-state index in [-0.39, 0.29) is 5.91 Å². The van der Waals surface area contributed by atoms with E-state index in [1.54, 1.807) is 0 Å². The largest absolute Gasteiger partial charge is 0.544 e. The Morgan fingerprint density at radius 1 is 1.46 bits per heavy atom. The summed E-state index contributed by atoms with van der Waals surface area (Å²) in [6.45, 7) is 2.04. The third-order valence-electron chi connectivity index (χ3n) is 1.69. The van der Waals surface area contributed by atoms with Crippen LogP contribution in [0.15, 0.2) is 0 Å². The number of carbonyl (C=O) groups excluding carboxylic acids is 2. The van der Waals surface area contributed by atoms with Gasteiger partial charge < -0.3 is 21.0 Å². The van der Waals surface area contributed by atoms with E-state index in [2.05, 4.69) is 11.1 Å². The highest BCUT2D eigenvalue weighted by atomic mass is 16.4. The molecule has 0 aromatic heterocycles. The highest BCUT2D eigenvalue weighted by Crippen LogP contribution is 1.95. The van der Waals surface area contributed by atoms with Gasteiger partial charge in [0.1, 0.15) is 6.04 Å². The Morgan fingerprint density at radius 3 is 2.54 bits per heavy atom. The molecule has 0 aliphatic carbocycles. The maximum Gasteiger partial charge on any atom is 0.216 e. The van der Waals surface area contributed by atoms with Crippen molar-refractivity contribution in [3.63, 3.8) is 0 Å². The predicted octanol–water partition coefficient (Wildman–Crippen LogP) is -2.35. The molecule has 0 unspecified atom stereocenters. The molecular weight excluding hydrogens is 172 g/mol. The molecule has 0 rings (SSSR count). The van der Waals surface area contributed by atoms with Crippen molar-refractivity contribution in [2.45, 2.75) is 32.2 Å². The van der Waals surface area contributed by atoms with Crippen molar-refractivity contribution in [3.05, 3.63) is 0 Å². The van der Waals surface area contributed by atoms with E-state index >= 15 is 0 Å². The normalized spacial score (nSPS) is 12.2. The number of hydrogen-bond donors (Lipinski definition) is 2.